The third-order valence-electron chi connectivity index (χ3n) is 3.10. The van der Waals surface area contributed by atoms with Crippen molar-refractivity contribution in [3.8, 4) is 0 Å². The first-order valence-corrected chi connectivity index (χ1v) is 7.29. The van der Waals surface area contributed by atoms with Crippen LogP contribution < -0.4 is 10.6 Å². The van der Waals surface area contributed by atoms with Crippen LogP contribution in [0.4, 0.5) is 5.69 Å². The van der Waals surface area contributed by atoms with Gasteiger partial charge in [0, 0.05) is 18.7 Å². The van der Waals surface area contributed by atoms with Crippen LogP contribution in [0.15, 0.2) is 24.3 Å². The van der Waals surface area contributed by atoms with E-state index in [1.54, 1.807) is 0 Å². The number of nitrogens with one attached hydrogen (secondary N) is 2. The Balaban J connectivity index is 2.29. The minimum absolute atomic E-state index is 0.123. The van der Waals surface area contributed by atoms with Gasteiger partial charge in [-0.25, -0.2) is 0 Å². The van der Waals surface area contributed by atoms with Gasteiger partial charge in [0.15, 0.2) is 0 Å². The average Bonchev–Trinajstić information content (AvgIpc) is 2.39. The number of rotatable bonds is 9. The van der Waals surface area contributed by atoms with Gasteiger partial charge in [0.05, 0.1) is 0 Å². The Morgan fingerprint density at radius 2 is 1.95 bits per heavy atom. The zero-order valence-electron chi connectivity index (χ0n) is 12.2. The van der Waals surface area contributed by atoms with Crippen molar-refractivity contribution < 1.29 is 4.79 Å². The van der Waals surface area contributed by atoms with Gasteiger partial charge in [0.2, 0.25) is 5.91 Å². The van der Waals surface area contributed by atoms with Crippen LogP contribution in [0.3, 0.4) is 0 Å². The Hall–Kier alpha value is -1.35. The summed E-state index contributed by atoms with van der Waals surface area (Å²) in [6.45, 7) is 3.02. The lowest BCUT2D eigenvalue weighted by Crippen LogP contribution is -2.12. The van der Waals surface area contributed by atoms with E-state index in [0.717, 1.165) is 25.1 Å². The molecular weight excluding hydrogens is 236 g/mol. The monoisotopic (exact) mass is 262 g/mol. The molecule has 0 aliphatic carbocycles. The number of anilines is 1. The summed E-state index contributed by atoms with van der Waals surface area (Å²) in [6.07, 6.45) is 6.52. The molecule has 1 amide bonds. The SMILES string of the molecule is CCCCCCCC(=O)Nc1cccc(CNC)c1. The molecule has 19 heavy (non-hydrogen) atoms. The summed E-state index contributed by atoms with van der Waals surface area (Å²) in [4.78, 5) is 11.8. The van der Waals surface area contributed by atoms with Gasteiger partial charge in [-0.3, -0.25) is 4.79 Å². The molecule has 0 atom stereocenters. The van der Waals surface area contributed by atoms with Crippen molar-refractivity contribution >= 4 is 11.6 Å². The van der Waals surface area contributed by atoms with Gasteiger partial charge in [0.25, 0.3) is 0 Å². The Morgan fingerprint density at radius 1 is 1.16 bits per heavy atom. The Labute approximate surface area is 116 Å². The number of carbonyl (C=O) groups is 1. The normalized spacial score (nSPS) is 10.4. The fourth-order valence-electron chi connectivity index (χ4n) is 2.08. The number of benzene rings is 1. The molecule has 0 fully saturated rings. The lowest BCUT2D eigenvalue weighted by Gasteiger charge is -2.07. The van der Waals surface area contributed by atoms with E-state index in [-0.39, 0.29) is 5.91 Å². The molecule has 0 heterocycles. The zero-order chi connectivity index (χ0) is 13.9. The van der Waals surface area contributed by atoms with E-state index in [1.165, 1.54) is 24.8 Å². The molecule has 3 heteroatoms. The molecule has 0 bridgehead atoms. The summed E-state index contributed by atoms with van der Waals surface area (Å²) in [7, 11) is 1.92. The molecule has 106 valence electrons. The summed E-state index contributed by atoms with van der Waals surface area (Å²) in [6, 6.07) is 7.99. The molecule has 3 nitrogen and oxygen atoms in total. The molecule has 2 N–H and O–H groups in total. The van der Waals surface area contributed by atoms with E-state index in [1.807, 2.05) is 25.2 Å². The average molecular weight is 262 g/mol. The maximum Gasteiger partial charge on any atom is 0.224 e. The first-order chi connectivity index (χ1) is 9.26. The summed E-state index contributed by atoms with van der Waals surface area (Å²) >= 11 is 0. The second-order valence-corrected chi connectivity index (χ2v) is 4.94. The highest BCUT2D eigenvalue weighted by molar-refractivity contribution is 5.90. The maximum atomic E-state index is 11.8. The van der Waals surface area contributed by atoms with Crippen LogP contribution in [0, 0.1) is 0 Å². The number of hydrogen-bond acceptors (Lipinski definition) is 2. The van der Waals surface area contributed by atoms with Crippen molar-refractivity contribution in [1.82, 2.24) is 5.32 Å². The Kier molecular flexibility index (Phi) is 7.91. The predicted molar refractivity (Wildman–Crippen MR) is 81.2 cm³/mol. The molecule has 0 saturated carbocycles. The quantitative estimate of drug-likeness (QED) is 0.666. The second-order valence-electron chi connectivity index (χ2n) is 4.94. The van der Waals surface area contributed by atoms with Gasteiger partial charge < -0.3 is 10.6 Å². The summed E-state index contributed by atoms with van der Waals surface area (Å²) in [5, 5.41) is 6.07. The lowest BCUT2D eigenvalue weighted by atomic mass is 10.1. The molecule has 0 aromatic heterocycles. The van der Waals surface area contributed by atoms with Crippen LogP contribution in [-0.4, -0.2) is 13.0 Å². The minimum Gasteiger partial charge on any atom is -0.326 e. The topological polar surface area (TPSA) is 41.1 Å². The van der Waals surface area contributed by atoms with Gasteiger partial charge in [0.1, 0.15) is 0 Å². The van der Waals surface area contributed by atoms with Gasteiger partial charge >= 0.3 is 0 Å². The Bertz CT molecular complexity index is 377. The van der Waals surface area contributed by atoms with Crippen molar-refractivity contribution in [1.29, 1.82) is 0 Å². The third kappa shape index (κ3) is 6.97. The van der Waals surface area contributed by atoms with Crippen molar-refractivity contribution in [2.45, 2.75) is 52.0 Å². The minimum atomic E-state index is 0.123. The van der Waals surface area contributed by atoms with Crippen LogP contribution in [0.25, 0.3) is 0 Å². The summed E-state index contributed by atoms with van der Waals surface area (Å²) < 4.78 is 0. The molecule has 0 aliphatic heterocycles. The van der Waals surface area contributed by atoms with Gasteiger partial charge in [-0.15, -0.1) is 0 Å². The number of amides is 1. The number of carbonyl (C=O) groups excluding carboxylic acids is 1. The first kappa shape index (κ1) is 15.7. The van der Waals surface area contributed by atoms with E-state index in [2.05, 4.69) is 23.6 Å². The van der Waals surface area contributed by atoms with E-state index in [4.69, 9.17) is 0 Å². The molecular formula is C16H26N2O. The van der Waals surface area contributed by atoms with Crippen molar-refractivity contribution in [2.75, 3.05) is 12.4 Å². The highest BCUT2D eigenvalue weighted by Crippen LogP contribution is 2.12. The van der Waals surface area contributed by atoms with Crippen LogP contribution in [0.2, 0.25) is 0 Å². The van der Waals surface area contributed by atoms with E-state index < -0.39 is 0 Å². The van der Waals surface area contributed by atoms with Crippen molar-refractivity contribution in [3.63, 3.8) is 0 Å². The van der Waals surface area contributed by atoms with Crippen LogP contribution in [-0.2, 0) is 11.3 Å². The molecule has 1 rings (SSSR count). The van der Waals surface area contributed by atoms with Crippen molar-refractivity contribution in [3.05, 3.63) is 29.8 Å². The lowest BCUT2D eigenvalue weighted by molar-refractivity contribution is -0.116. The number of hydrogen-bond donors (Lipinski definition) is 2. The fourth-order valence-corrected chi connectivity index (χ4v) is 2.08. The Morgan fingerprint density at radius 3 is 2.68 bits per heavy atom. The van der Waals surface area contributed by atoms with Crippen LogP contribution in [0.5, 0.6) is 0 Å². The first-order valence-electron chi connectivity index (χ1n) is 7.29. The molecule has 1 aromatic carbocycles. The van der Waals surface area contributed by atoms with Crippen LogP contribution >= 0.6 is 0 Å². The second kappa shape index (κ2) is 9.56. The zero-order valence-corrected chi connectivity index (χ0v) is 12.2. The maximum absolute atomic E-state index is 11.8. The molecule has 1 aromatic rings. The number of unbranched alkanes of at least 4 members (excludes halogenated alkanes) is 4. The highest BCUT2D eigenvalue weighted by atomic mass is 16.1. The van der Waals surface area contributed by atoms with Gasteiger partial charge in [-0.05, 0) is 31.2 Å². The van der Waals surface area contributed by atoms with Crippen LogP contribution in [0.1, 0.15) is 51.0 Å². The smallest absolute Gasteiger partial charge is 0.224 e. The fraction of sp³-hybridized carbons (Fsp3) is 0.562. The molecule has 0 unspecified atom stereocenters. The van der Waals surface area contributed by atoms with E-state index in [0.29, 0.717) is 6.42 Å². The highest BCUT2D eigenvalue weighted by Gasteiger charge is 2.02. The largest absolute Gasteiger partial charge is 0.326 e. The molecule has 0 saturated heterocycles. The summed E-state index contributed by atoms with van der Waals surface area (Å²) in [5.41, 5.74) is 2.08. The van der Waals surface area contributed by atoms with E-state index in [9.17, 15) is 4.79 Å². The van der Waals surface area contributed by atoms with Gasteiger partial charge in [-0.1, -0.05) is 44.7 Å². The molecule has 0 radical (unpaired) electrons. The standard InChI is InChI=1S/C16H26N2O/c1-3-4-5-6-7-11-16(19)18-15-10-8-9-14(12-15)13-17-2/h8-10,12,17H,3-7,11,13H2,1-2H3,(H,18,19). The summed E-state index contributed by atoms with van der Waals surface area (Å²) in [5.74, 6) is 0.123. The third-order valence-corrected chi connectivity index (χ3v) is 3.10. The van der Waals surface area contributed by atoms with Crippen molar-refractivity contribution in [2.24, 2.45) is 0 Å². The molecule has 0 aliphatic rings. The van der Waals surface area contributed by atoms with Gasteiger partial charge in [-0.2, -0.15) is 0 Å². The molecule has 0 spiro atoms. The predicted octanol–water partition coefficient (Wildman–Crippen LogP) is 3.71. The van der Waals surface area contributed by atoms with E-state index >= 15 is 0 Å².